The SMILES string of the molecule is CCCNC1COCC1C(=O)c1ccc(C)c(C)c1OC. The van der Waals surface area contributed by atoms with Crippen molar-refractivity contribution in [2.24, 2.45) is 5.92 Å². The Morgan fingerprint density at radius 2 is 2.14 bits per heavy atom. The maximum Gasteiger partial charge on any atom is 0.173 e. The zero-order valence-electron chi connectivity index (χ0n) is 13.4. The predicted octanol–water partition coefficient (Wildman–Crippen LogP) is 2.51. The summed E-state index contributed by atoms with van der Waals surface area (Å²) < 4.78 is 11.0. The quantitative estimate of drug-likeness (QED) is 0.818. The molecule has 1 saturated heterocycles. The highest BCUT2D eigenvalue weighted by molar-refractivity contribution is 6.01. The number of carbonyl (C=O) groups excluding carboxylic acids is 1. The van der Waals surface area contributed by atoms with Crippen LogP contribution in [0, 0.1) is 19.8 Å². The summed E-state index contributed by atoms with van der Waals surface area (Å²) in [6.07, 6.45) is 1.05. The summed E-state index contributed by atoms with van der Waals surface area (Å²) >= 11 is 0. The zero-order valence-corrected chi connectivity index (χ0v) is 13.4. The molecular weight excluding hydrogens is 266 g/mol. The van der Waals surface area contributed by atoms with Crippen molar-refractivity contribution in [3.05, 3.63) is 28.8 Å². The van der Waals surface area contributed by atoms with E-state index in [0.717, 1.165) is 24.1 Å². The molecule has 1 N–H and O–H groups in total. The second-order valence-corrected chi connectivity index (χ2v) is 5.66. The molecule has 1 aromatic carbocycles. The summed E-state index contributed by atoms with van der Waals surface area (Å²) in [5.41, 5.74) is 2.83. The molecule has 21 heavy (non-hydrogen) atoms. The number of ether oxygens (including phenoxy) is 2. The number of Topliss-reactive ketones (excluding diaryl/α,β-unsaturated/α-hetero) is 1. The first-order valence-corrected chi connectivity index (χ1v) is 7.59. The minimum absolute atomic E-state index is 0.101. The fraction of sp³-hybridized carbons (Fsp3) is 0.588. The van der Waals surface area contributed by atoms with Crippen LogP contribution in [0.2, 0.25) is 0 Å². The van der Waals surface area contributed by atoms with Gasteiger partial charge in [0, 0.05) is 6.04 Å². The van der Waals surface area contributed by atoms with Gasteiger partial charge in [-0.3, -0.25) is 4.79 Å². The van der Waals surface area contributed by atoms with E-state index in [9.17, 15) is 4.79 Å². The standard InChI is InChI=1S/C17H25NO3/c1-5-8-18-15-10-21-9-14(15)16(19)13-7-6-11(2)12(3)17(13)20-4/h6-7,14-15,18H,5,8-10H2,1-4H3. The molecule has 1 fully saturated rings. The molecule has 1 heterocycles. The Balaban J connectivity index is 2.25. The van der Waals surface area contributed by atoms with Gasteiger partial charge in [0.15, 0.2) is 5.78 Å². The maximum absolute atomic E-state index is 12.9. The minimum atomic E-state index is -0.132. The van der Waals surface area contributed by atoms with Gasteiger partial charge in [0.25, 0.3) is 0 Å². The van der Waals surface area contributed by atoms with Gasteiger partial charge in [0.1, 0.15) is 5.75 Å². The molecule has 1 aliphatic rings. The summed E-state index contributed by atoms with van der Waals surface area (Å²) in [6, 6.07) is 3.96. The first-order valence-electron chi connectivity index (χ1n) is 7.59. The van der Waals surface area contributed by atoms with Crippen LogP contribution in [0.15, 0.2) is 12.1 Å². The van der Waals surface area contributed by atoms with E-state index in [0.29, 0.717) is 24.5 Å². The van der Waals surface area contributed by atoms with Gasteiger partial charge in [-0.1, -0.05) is 13.0 Å². The fourth-order valence-corrected chi connectivity index (χ4v) is 2.79. The van der Waals surface area contributed by atoms with Crippen molar-refractivity contribution in [3.8, 4) is 5.75 Å². The van der Waals surface area contributed by atoms with E-state index in [4.69, 9.17) is 9.47 Å². The summed E-state index contributed by atoms with van der Waals surface area (Å²) in [5.74, 6) is 0.676. The zero-order chi connectivity index (χ0) is 15.4. The first-order chi connectivity index (χ1) is 10.1. The Kier molecular flexibility index (Phi) is 5.37. The molecule has 1 aliphatic heterocycles. The number of methoxy groups -OCH3 is 1. The van der Waals surface area contributed by atoms with Crippen molar-refractivity contribution < 1.29 is 14.3 Å². The molecule has 2 atom stereocenters. The molecule has 0 spiro atoms. The summed E-state index contributed by atoms with van der Waals surface area (Å²) in [7, 11) is 1.62. The monoisotopic (exact) mass is 291 g/mol. The molecule has 0 amide bonds. The largest absolute Gasteiger partial charge is 0.496 e. The van der Waals surface area contributed by atoms with Crippen molar-refractivity contribution in [3.63, 3.8) is 0 Å². The lowest BCUT2D eigenvalue weighted by Crippen LogP contribution is -2.39. The molecule has 0 radical (unpaired) electrons. The Morgan fingerprint density at radius 1 is 1.38 bits per heavy atom. The maximum atomic E-state index is 12.9. The van der Waals surface area contributed by atoms with Crippen LogP contribution >= 0.6 is 0 Å². The van der Waals surface area contributed by atoms with E-state index in [1.807, 2.05) is 26.0 Å². The molecule has 2 unspecified atom stereocenters. The number of carbonyl (C=O) groups is 1. The number of aryl methyl sites for hydroxylation is 1. The second-order valence-electron chi connectivity index (χ2n) is 5.66. The number of benzene rings is 1. The third-order valence-corrected chi connectivity index (χ3v) is 4.22. The lowest BCUT2D eigenvalue weighted by molar-refractivity contribution is 0.0888. The van der Waals surface area contributed by atoms with Crippen LogP contribution in [0.1, 0.15) is 34.8 Å². The average Bonchev–Trinajstić information content (AvgIpc) is 2.95. The minimum Gasteiger partial charge on any atom is -0.496 e. The smallest absolute Gasteiger partial charge is 0.173 e. The lowest BCUT2D eigenvalue weighted by atomic mass is 9.91. The molecule has 0 aromatic heterocycles. The molecule has 4 nitrogen and oxygen atoms in total. The number of hydrogen-bond donors (Lipinski definition) is 1. The second kappa shape index (κ2) is 7.05. The van der Waals surface area contributed by atoms with Crippen molar-refractivity contribution in [1.29, 1.82) is 0 Å². The van der Waals surface area contributed by atoms with E-state index < -0.39 is 0 Å². The number of rotatable bonds is 6. The number of ketones is 1. The molecular formula is C17H25NO3. The van der Waals surface area contributed by atoms with E-state index in [2.05, 4.69) is 12.2 Å². The van der Waals surface area contributed by atoms with E-state index in [1.54, 1.807) is 7.11 Å². The summed E-state index contributed by atoms with van der Waals surface area (Å²) in [5, 5.41) is 3.41. The van der Waals surface area contributed by atoms with Gasteiger partial charge in [0.05, 0.1) is 31.8 Å². The highest BCUT2D eigenvalue weighted by Crippen LogP contribution is 2.30. The van der Waals surface area contributed by atoms with Gasteiger partial charge < -0.3 is 14.8 Å². The summed E-state index contributed by atoms with van der Waals surface area (Å²) in [6.45, 7) is 8.12. The van der Waals surface area contributed by atoms with Crippen LogP contribution < -0.4 is 10.1 Å². The molecule has 116 valence electrons. The van der Waals surface area contributed by atoms with Crippen molar-refractivity contribution in [2.45, 2.75) is 33.2 Å². The van der Waals surface area contributed by atoms with Crippen LogP contribution in [0.4, 0.5) is 0 Å². The third-order valence-electron chi connectivity index (χ3n) is 4.22. The van der Waals surface area contributed by atoms with Crippen LogP contribution in [0.3, 0.4) is 0 Å². The van der Waals surface area contributed by atoms with Crippen LogP contribution in [0.25, 0.3) is 0 Å². The molecule has 0 aliphatic carbocycles. The van der Waals surface area contributed by atoms with Crippen molar-refractivity contribution >= 4 is 5.78 Å². The normalized spacial score (nSPS) is 21.5. The Labute approximate surface area is 126 Å². The first kappa shape index (κ1) is 16.0. The number of hydrogen-bond acceptors (Lipinski definition) is 4. The molecule has 4 heteroatoms. The predicted molar refractivity (Wildman–Crippen MR) is 83.2 cm³/mol. The van der Waals surface area contributed by atoms with E-state index in [1.165, 1.54) is 0 Å². The average molecular weight is 291 g/mol. The van der Waals surface area contributed by atoms with Gasteiger partial charge in [-0.15, -0.1) is 0 Å². The van der Waals surface area contributed by atoms with Crippen LogP contribution in [-0.4, -0.2) is 38.7 Å². The van der Waals surface area contributed by atoms with Crippen molar-refractivity contribution in [2.75, 3.05) is 26.9 Å². The third kappa shape index (κ3) is 3.27. The Hall–Kier alpha value is -1.39. The molecule has 1 aromatic rings. The van der Waals surface area contributed by atoms with Crippen LogP contribution in [0.5, 0.6) is 5.75 Å². The fourth-order valence-electron chi connectivity index (χ4n) is 2.79. The molecule has 2 rings (SSSR count). The van der Waals surface area contributed by atoms with Crippen molar-refractivity contribution in [1.82, 2.24) is 5.32 Å². The highest BCUT2D eigenvalue weighted by Gasteiger charge is 2.35. The van der Waals surface area contributed by atoms with Gasteiger partial charge in [0.2, 0.25) is 0 Å². The van der Waals surface area contributed by atoms with Gasteiger partial charge in [-0.05, 0) is 44.0 Å². The lowest BCUT2D eigenvalue weighted by Gasteiger charge is -2.20. The Morgan fingerprint density at radius 3 is 2.81 bits per heavy atom. The highest BCUT2D eigenvalue weighted by atomic mass is 16.5. The topological polar surface area (TPSA) is 47.6 Å². The van der Waals surface area contributed by atoms with Gasteiger partial charge >= 0.3 is 0 Å². The number of nitrogens with one attached hydrogen (secondary N) is 1. The van der Waals surface area contributed by atoms with E-state index in [-0.39, 0.29) is 17.7 Å². The Bertz CT molecular complexity index is 513. The van der Waals surface area contributed by atoms with E-state index >= 15 is 0 Å². The summed E-state index contributed by atoms with van der Waals surface area (Å²) in [4.78, 5) is 12.9. The molecule has 0 saturated carbocycles. The van der Waals surface area contributed by atoms with Crippen LogP contribution in [-0.2, 0) is 4.74 Å². The molecule has 0 bridgehead atoms. The van der Waals surface area contributed by atoms with Gasteiger partial charge in [-0.2, -0.15) is 0 Å². The van der Waals surface area contributed by atoms with Gasteiger partial charge in [-0.25, -0.2) is 0 Å².